The van der Waals surface area contributed by atoms with Gasteiger partial charge in [0.05, 0.1) is 11.4 Å². The molecule has 0 atom stereocenters. The summed E-state index contributed by atoms with van der Waals surface area (Å²) in [5.41, 5.74) is 10.0. The molecule has 0 saturated heterocycles. The number of hydrogen-bond donors (Lipinski definition) is 1. The van der Waals surface area contributed by atoms with E-state index in [1.807, 2.05) is 48.5 Å². The highest BCUT2D eigenvalue weighted by Gasteiger charge is 2.10. The van der Waals surface area contributed by atoms with Gasteiger partial charge in [0.1, 0.15) is 5.82 Å². The average Bonchev–Trinajstić information content (AvgIpc) is 2.81. The third kappa shape index (κ3) is 2.28. The van der Waals surface area contributed by atoms with Gasteiger partial charge in [0.15, 0.2) is 0 Å². The van der Waals surface area contributed by atoms with Gasteiger partial charge in [0.2, 0.25) is 0 Å². The first-order valence-corrected chi connectivity index (χ1v) is 6.70. The molecule has 0 aliphatic rings. The van der Waals surface area contributed by atoms with Gasteiger partial charge < -0.3 is 5.73 Å². The van der Waals surface area contributed by atoms with Crippen LogP contribution < -0.4 is 5.73 Å². The number of aromatic nitrogens is 2. The van der Waals surface area contributed by atoms with Crippen LogP contribution in [0.1, 0.15) is 5.56 Å². The fourth-order valence-electron chi connectivity index (χ4n) is 2.20. The van der Waals surface area contributed by atoms with E-state index < -0.39 is 0 Å². The molecule has 0 aliphatic heterocycles. The fourth-order valence-corrected chi connectivity index (χ4v) is 2.39. The molecule has 0 spiro atoms. The van der Waals surface area contributed by atoms with Crippen LogP contribution in [0.2, 0.25) is 5.02 Å². The van der Waals surface area contributed by atoms with Gasteiger partial charge in [-0.3, -0.25) is 0 Å². The van der Waals surface area contributed by atoms with Gasteiger partial charge in [-0.2, -0.15) is 5.10 Å². The van der Waals surface area contributed by atoms with E-state index >= 15 is 0 Å². The van der Waals surface area contributed by atoms with Crippen molar-refractivity contribution < 1.29 is 0 Å². The van der Waals surface area contributed by atoms with Crippen LogP contribution in [0.5, 0.6) is 0 Å². The lowest BCUT2D eigenvalue weighted by Gasteiger charge is -2.04. The van der Waals surface area contributed by atoms with Crippen molar-refractivity contribution in [3.63, 3.8) is 0 Å². The number of nitrogens with two attached hydrogens (primary N) is 1. The highest BCUT2D eigenvalue weighted by atomic mass is 35.5. The van der Waals surface area contributed by atoms with Crippen molar-refractivity contribution in [1.29, 1.82) is 0 Å². The van der Waals surface area contributed by atoms with Gasteiger partial charge in [-0.25, -0.2) is 4.68 Å². The molecule has 1 aromatic heterocycles. The van der Waals surface area contributed by atoms with E-state index in [9.17, 15) is 0 Å². The summed E-state index contributed by atoms with van der Waals surface area (Å²) in [6, 6.07) is 17.5. The first-order chi connectivity index (χ1) is 9.65. The molecule has 0 aliphatic carbocycles. The van der Waals surface area contributed by atoms with Crippen molar-refractivity contribution in [2.45, 2.75) is 6.92 Å². The number of nitrogens with zero attached hydrogens (tertiary/aromatic N) is 2. The van der Waals surface area contributed by atoms with Crippen LogP contribution in [0.15, 0.2) is 54.6 Å². The summed E-state index contributed by atoms with van der Waals surface area (Å²) < 4.78 is 1.70. The Morgan fingerprint density at radius 1 is 1.05 bits per heavy atom. The summed E-state index contributed by atoms with van der Waals surface area (Å²) >= 11 is 6.01. The predicted octanol–water partition coefficient (Wildman–Crippen LogP) is 4.08. The number of anilines is 1. The third-order valence-corrected chi connectivity index (χ3v) is 3.45. The van der Waals surface area contributed by atoms with E-state index in [0.29, 0.717) is 10.8 Å². The Balaban J connectivity index is 2.10. The Labute approximate surface area is 122 Å². The van der Waals surface area contributed by atoms with Gasteiger partial charge in [-0.15, -0.1) is 0 Å². The molecule has 4 heteroatoms. The highest BCUT2D eigenvalue weighted by molar-refractivity contribution is 6.30. The average molecular weight is 284 g/mol. The molecule has 2 N–H and O–H groups in total. The van der Waals surface area contributed by atoms with Crippen LogP contribution in [0.3, 0.4) is 0 Å². The van der Waals surface area contributed by atoms with Gasteiger partial charge in [-0.1, -0.05) is 41.9 Å². The Hall–Kier alpha value is -2.26. The molecular formula is C16H14ClN3. The number of benzene rings is 2. The maximum absolute atomic E-state index is 6.07. The second-order valence-corrected chi connectivity index (χ2v) is 5.10. The molecular weight excluding hydrogens is 270 g/mol. The zero-order valence-corrected chi connectivity index (χ0v) is 11.8. The zero-order chi connectivity index (χ0) is 14.1. The van der Waals surface area contributed by atoms with Crippen LogP contribution in [0.4, 0.5) is 5.82 Å². The van der Waals surface area contributed by atoms with E-state index in [-0.39, 0.29) is 0 Å². The maximum Gasteiger partial charge on any atom is 0.127 e. The zero-order valence-electron chi connectivity index (χ0n) is 11.0. The largest absolute Gasteiger partial charge is 0.384 e. The van der Waals surface area contributed by atoms with E-state index in [0.717, 1.165) is 16.9 Å². The van der Waals surface area contributed by atoms with E-state index in [2.05, 4.69) is 18.1 Å². The number of rotatable bonds is 2. The molecule has 0 fully saturated rings. The standard InChI is InChI=1S/C16H14ClN3/c1-11-5-2-3-8-14(11)15-10-16(18)20(19-15)13-7-4-6-12(17)9-13/h2-10H,18H2,1H3. The quantitative estimate of drug-likeness (QED) is 0.770. The molecule has 20 heavy (non-hydrogen) atoms. The van der Waals surface area contributed by atoms with Crippen LogP contribution in [-0.2, 0) is 0 Å². The maximum atomic E-state index is 6.07. The molecule has 3 rings (SSSR count). The second kappa shape index (κ2) is 5.02. The first-order valence-electron chi connectivity index (χ1n) is 6.32. The Kier molecular flexibility index (Phi) is 3.20. The Bertz CT molecular complexity index is 762. The molecule has 0 unspecified atom stereocenters. The lowest BCUT2D eigenvalue weighted by atomic mass is 10.1. The van der Waals surface area contributed by atoms with Crippen molar-refractivity contribution >= 4 is 17.4 Å². The van der Waals surface area contributed by atoms with Crippen LogP contribution in [-0.4, -0.2) is 9.78 Å². The number of halogens is 1. The Morgan fingerprint density at radius 3 is 2.60 bits per heavy atom. The lowest BCUT2D eigenvalue weighted by Crippen LogP contribution is -2.01. The van der Waals surface area contributed by atoms with Crippen LogP contribution in [0, 0.1) is 6.92 Å². The summed E-state index contributed by atoms with van der Waals surface area (Å²) in [6.07, 6.45) is 0. The minimum absolute atomic E-state index is 0.588. The highest BCUT2D eigenvalue weighted by Crippen LogP contribution is 2.26. The SMILES string of the molecule is Cc1ccccc1-c1cc(N)n(-c2cccc(Cl)c2)n1. The number of hydrogen-bond acceptors (Lipinski definition) is 2. The molecule has 3 aromatic rings. The monoisotopic (exact) mass is 283 g/mol. The van der Waals surface area contributed by atoms with Crippen molar-refractivity contribution in [3.8, 4) is 16.9 Å². The molecule has 0 radical (unpaired) electrons. The minimum Gasteiger partial charge on any atom is -0.384 e. The Morgan fingerprint density at radius 2 is 1.85 bits per heavy atom. The van der Waals surface area contributed by atoms with Gasteiger partial charge in [0.25, 0.3) is 0 Å². The van der Waals surface area contributed by atoms with Crippen molar-refractivity contribution in [2.75, 3.05) is 5.73 Å². The number of aryl methyl sites for hydroxylation is 1. The van der Waals surface area contributed by atoms with E-state index in [4.69, 9.17) is 17.3 Å². The second-order valence-electron chi connectivity index (χ2n) is 4.66. The minimum atomic E-state index is 0.588. The summed E-state index contributed by atoms with van der Waals surface area (Å²) in [4.78, 5) is 0. The molecule has 0 amide bonds. The van der Waals surface area contributed by atoms with Crippen molar-refractivity contribution in [2.24, 2.45) is 0 Å². The molecule has 1 heterocycles. The topological polar surface area (TPSA) is 43.8 Å². The van der Waals surface area contributed by atoms with Crippen LogP contribution >= 0.6 is 11.6 Å². The molecule has 2 aromatic carbocycles. The first kappa shape index (κ1) is 12.8. The summed E-state index contributed by atoms with van der Waals surface area (Å²) in [5, 5.41) is 5.25. The normalized spacial score (nSPS) is 10.7. The summed E-state index contributed by atoms with van der Waals surface area (Å²) in [5.74, 6) is 0.588. The predicted molar refractivity (Wildman–Crippen MR) is 83.2 cm³/mol. The van der Waals surface area contributed by atoms with Crippen molar-refractivity contribution in [3.05, 3.63) is 65.2 Å². The van der Waals surface area contributed by atoms with E-state index in [1.54, 1.807) is 4.68 Å². The van der Waals surface area contributed by atoms with Gasteiger partial charge in [-0.05, 0) is 30.7 Å². The van der Waals surface area contributed by atoms with Gasteiger partial charge in [0, 0.05) is 16.7 Å². The summed E-state index contributed by atoms with van der Waals surface area (Å²) in [7, 11) is 0. The van der Waals surface area contributed by atoms with Crippen LogP contribution in [0.25, 0.3) is 16.9 Å². The third-order valence-electron chi connectivity index (χ3n) is 3.21. The van der Waals surface area contributed by atoms with Crippen molar-refractivity contribution in [1.82, 2.24) is 9.78 Å². The van der Waals surface area contributed by atoms with Gasteiger partial charge >= 0.3 is 0 Å². The summed E-state index contributed by atoms with van der Waals surface area (Å²) in [6.45, 7) is 2.06. The molecule has 0 saturated carbocycles. The fraction of sp³-hybridized carbons (Fsp3) is 0.0625. The smallest absolute Gasteiger partial charge is 0.127 e. The number of nitrogen functional groups attached to an aromatic ring is 1. The molecule has 0 bridgehead atoms. The molecule has 3 nitrogen and oxygen atoms in total. The molecule has 100 valence electrons. The lowest BCUT2D eigenvalue weighted by molar-refractivity contribution is 0.895. The van der Waals surface area contributed by atoms with E-state index in [1.165, 1.54) is 5.56 Å².